The summed E-state index contributed by atoms with van der Waals surface area (Å²) < 4.78 is 39.6. The highest BCUT2D eigenvalue weighted by Gasteiger charge is 2.31. The number of nitrogens with zero attached hydrogens (tertiary/aromatic N) is 1. The fourth-order valence-corrected chi connectivity index (χ4v) is 4.28. The summed E-state index contributed by atoms with van der Waals surface area (Å²) in [6, 6.07) is 12.0. The Morgan fingerprint density at radius 1 is 1.03 bits per heavy atom. The van der Waals surface area contributed by atoms with Gasteiger partial charge in [0.25, 0.3) is 0 Å². The van der Waals surface area contributed by atoms with E-state index in [9.17, 15) is 17.6 Å². The molecule has 0 aliphatic carbocycles. The molecule has 0 fully saturated rings. The minimum atomic E-state index is -3.87. The zero-order chi connectivity index (χ0) is 22.0. The van der Waals surface area contributed by atoms with Gasteiger partial charge in [-0.2, -0.15) is 0 Å². The maximum Gasteiger partial charge on any atom is 0.244 e. The van der Waals surface area contributed by atoms with Crippen molar-refractivity contribution in [2.24, 2.45) is 0 Å². The van der Waals surface area contributed by atoms with Gasteiger partial charge < -0.3 is 5.32 Å². The molecule has 2 aromatic rings. The van der Waals surface area contributed by atoms with E-state index in [1.807, 2.05) is 31.2 Å². The summed E-state index contributed by atoms with van der Waals surface area (Å²) in [4.78, 5) is 12.8. The van der Waals surface area contributed by atoms with Crippen LogP contribution in [-0.4, -0.2) is 26.6 Å². The summed E-state index contributed by atoms with van der Waals surface area (Å²) in [6.07, 6.45) is 0.956. The normalized spacial score (nSPS) is 14.2. The molecule has 1 N–H and O–H groups in total. The molecule has 0 bridgehead atoms. The number of amides is 1. The van der Waals surface area contributed by atoms with E-state index in [0.717, 1.165) is 22.2 Å². The van der Waals surface area contributed by atoms with Crippen molar-refractivity contribution in [3.63, 3.8) is 0 Å². The number of rotatable bonds is 6. The van der Waals surface area contributed by atoms with Gasteiger partial charge in [-0.15, -0.1) is 0 Å². The van der Waals surface area contributed by atoms with Crippen LogP contribution in [0.5, 0.6) is 0 Å². The lowest BCUT2D eigenvalue weighted by atomic mass is 9.86. The van der Waals surface area contributed by atoms with Gasteiger partial charge in [-0.25, -0.2) is 12.8 Å². The summed E-state index contributed by atoms with van der Waals surface area (Å²) >= 11 is 0. The van der Waals surface area contributed by atoms with Gasteiger partial charge in [0.15, 0.2) is 0 Å². The van der Waals surface area contributed by atoms with Crippen molar-refractivity contribution in [2.75, 3.05) is 10.6 Å². The van der Waals surface area contributed by atoms with Gasteiger partial charge in [-0.3, -0.25) is 9.10 Å². The van der Waals surface area contributed by atoms with Crippen molar-refractivity contribution in [3.05, 3.63) is 65.5 Å². The quantitative estimate of drug-likeness (QED) is 0.763. The first kappa shape index (κ1) is 22.9. The number of benzene rings is 2. The molecule has 0 aliphatic heterocycles. The van der Waals surface area contributed by atoms with E-state index in [0.29, 0.717) is 0 Å². The third-order valence-electron chi connectivity index (χ3n) is 4.81. The SMILES string of the molecule is C[C@@H](NC(=O)[C@H](C)N(c1ccccc1F)S(C)(=O)=O)c1ccc(C(C)(C)C)cc1. The van der Waals surface area contributed by atoms with Crippen molar-refractivity contribution in [1.82, 2.24) is 5.32 Å². The van der Waals surface area contributed by atoms with Crippen LogP contribution in [0.25, 0.3) is 0 Å². The summed E-state index contributed by atoms with van der Waals surface area (Å²) in [5.74, 6) is -1.21. The van der Waals surface area contributed by atoms with Gasteiger partial charge in [-0.1, -0.05) is 57.2 Å². The van der Waals surface area contributed by atoms with Crippen molar-refractivity contribution >= 4 is 21.6 Å². The molecule has 158 valence electrons. The molecule has 0 aromatic heterocycles. The summed E-state index contributed by atoms with van der Waals surface area (Å²) in [7, 11) is -3.87. The molecule has 0 spiro atoms. The Balaban J connectivity index is 2.22. The Bertz CT molecular complexity index is 966. The summed E-state index contributed by atoms with van der Waals surface area (Å²) in [5, 5.41) is 2.83. The van der Waals surface area contributed by atoms with Crippen molar-refractivity contribution < 1.29 is 17.6 Å². The third kappa shape index (κ3) is 5.56. The van der Waals surface area contributed by atoms with Crippen molar-refractivity contribution in [2.45, 2.75) is 52.1 Å². The van der Waals surface area contributed by atoms with Crippen LogP contribution in [0, 0.1) is 5.82 Å². The number of halogens is 1. The Morgan fingerprint density at radius 3 is 2.07 bits per heavy atom. The Labute approximate surface area is 173 Å². The van der Waals surface area contributed by atoms with E-state index in [-0.39, 0.29) is 17.1 Å². The van der Waals surface area contributed by atoms with Gasteiger partial charge in [-0.05, 0) is 42.5 Å². The smallest absolute Gasteiger partial charge is 0.244 e. The molecule has 29 heavy (non-hydrogen) atoms. The summed E-state index contributed by atoms with van der Waals surface area (Å²) in [6.45, 7) is 9.63. The van der Waals surface area contributed by atoms with E-state index in [1.54, 1.807) is 0 Å². The van der Waals surface area contributed by atoms with Crippen LogP contribution in [0.15, 0.2) is 48.5 Å². The molecule has 0 heterocycles. The number of carbonyl (C=O) groups is 1. The Kier molecular flexibility index (Phi) is 6.73. The monoisotopic (exact) mass is 420 g/mol. The van der Waals surface area contributed by atoms with E-state index in [4.69, 9.17) is 0 Å². The maximum absolute atomic E-state index is 14.2. The fraction of sp³-hybridized carbons (Fsp3) is 0.409. The number of anilines is 1. The molecule has 0 aliphatic rings. The molecule has 5 nitrogen and oxygen atoms in total. The van der Waals surface area contributed by atoms with E-state index in [2.05, 4.69) is 26.1 Å². The molecule has 0 radical (unpaired) electrons. The number of hydrogen-bond donors (Lipinski definition) is 1. The molecule has 2 aromatic carbocycles. The second kappa shape index (κ2) is 8.53. The molecule has 2 atom stereocenters. The topological polar surface area (TPSA) is 66.5 Å². The predicted molar refractivity (Wildman–Crippen MR) is 115 cm³/mol. The van der Waals surface area contributed by atoms with Gasteiger partial charge in [0.05, 0.1) is 18.0 Å². The zero-order valence-electron chi connectivity index (χ0n) is 17.7. The number of sulfonamides is 1. The highest BCUT2D eigenvalue weighted by Crippen LogP contribution is 2.26. The molecule has 1 amide bonds. The Hall–Kier alpha value is -2.41. The molecule has 0 saturated heterocycles. The second-order valence-electron chi connectivity index (χ2n) is 8.29. The standard InChI is InChI=1S/C22H29FN2O3S/c1-15(17-11-13-18(14-12-17)22(3,4)5)24-21(26)16(2)25(29(6,27)28)20-10-8-7-9-19(20)23/h7-16H,1-6H3,(H,24,26)/t15-,16+/m1/s1. The molecule has 0 saturated carbocycles. The first-order chi connectivity index (χ1) is 13.3. The molecule has 7 heteroatoms. The Morgan fingerprint density at radius 2 is 1.59 bits per heavy atom. The molecular formula is C22H29FN2O3S. The van der Waals surface area contributed by atoms with Crippen LogP contribution in [0.4, 0.5) is 10.1 Å². The van der Waals surface area contributed by atoms with Crippen molar-refractivity contribution in [3.8, 4) is 0 Å². The number of carbonyl (C=O) groups excluding carboxylic acids is 1. The van der Waals surface area contributed by atoms with Crippen LogP contribution < -0.4 is 9.62 Å². The molecule has 2 rings (SSSR count). The lowest BCUT2D eigenvalue weighted by Crippen LogP contribution is -2.48. The second-order valence-corrected chi connectivity index (χ2v) is 10.1. The zero-order valence-corrected chi connectivity index (χ0v) is 18.5. The fourth-order valence-electron chi connectivity index (χ4n) is 3.10. The van der Waals surface area contributed by atoms with Gasteiger partial charge in [0, 0.05) is 0 Å². The van der Waals surface area contributed by atoms with Crippen LogP contribution in [-0.2, 0) is 20.2 Å². The van der Waals surface area contributed by atoms with Crippen LogP contribution in [0.3, 0.4) is 0 Å². The minimum Gasteiger partial charge on any atom is -0.348 e. The highest BCUT2D eigenvalue weighted by atomic mass is 32.2. The number of para-hydroxylation sites is 1. The predicted octanol–water partition coefficient (Wildman–Crippen LogP) is 4.16. The van der Waals surface area contributed by atoms with E-state index in [1.165, 1.54) is 30.7 Å². The summed E-state index contributed by atoms with van der Waals surface area (Å²) in [5.41, 5.74) is 1.95. The van der Waals surface area contributed by atoms with Gasteiger partial charge in [0.2, 0.25) is 15.9 Å². The van der Waals surface area contributed by atoms with Gasteiger partial charge >= 0.3 is 0 Å². The first-order valence-electron chi connectivity index (χ1n) is 9.47. The van der Waals surface area contributed by atoms with Gasteiger partial charge in [0.1, 0.15) is 11.9 Å². The van der Waals surface area contributed by atoms with E-state index < -0.39 is 27.8 Å². The average Bonchev–Trinajstić information content (AvgIpc) is 2.61. The first-order valence-corrected chi connectivity index (χ1v) is 11.3. The van der Waals surface area contributed by atoms with E-state index >= 15 is 0 Å². The largest absolute Gasteiger partial charge is 0.348 e. The van der Waals surface area contributed by atoms with Crippen LogP contribution in [0.1, 0.15) is 51.8 Å². The van der Waals surface area contributed by atoms with Crippen LogP contribution in [0.2, 0.25) is 0 Å². The van der Waals surface area contributed by atoms with Crippen molar-refractivity contribution in [1.29, 1.82) is 0 Å². The highest BCUT2D eigenvalue weighted by molar-refractivity contribution is 7.92. The number of nitrogens with one attached hydrogen (secondary N) is 1. The average molecular weight is 421 g/mol. The lowest BCUT2D eigenvalue weighted by molar-refractivity contribution is -0.122. The molecular weight excluding hydrogens is 391 g/mol. The minimum absolute atomic E-state index is 0.0231. The number of hydrogen-bond acceptors (Lipinski definition) is 3. The maximum atomic E-state index is 14.2. The third-order valence-corrected chi connectivity index (χ3v) is 6.04. The molecule has 0 unspecified atom stereocenters. The lowest BCUT2D eigenvalue weighted by Gasteiger charge is -2.29. The van der Waals surface area contributed by atoms with Crippen LogP contribution >= 0.6 is 0 Å².